The highest BCUT2D eigenvalue weighted by molar-refractivity contribution is 7.82. The molecular weight excluding hydrogens is 633 g/mol. The smallest absolute Gasteiger partial charge is 0.369 e. The number of hydrogen-bond donors (Lipinski definition) is 1. The van der Waals surface area contributed by atoms with Crippen LogP contribution in [0.4, 0.5) is 83.4 Å². The van der Waals surface area contributed by atoms with Gasteiger partial charge in [-0.3, -0.25) is 5.75 Å². The second kappa shape index (κ2) is 12.7. The van der Waals surface area contributed by atoms with E-state index in [1.54, 1.807) is 5.75 Å². The van der Waals surface area contributed by atoms with Gasteiger partial charge in [0.05, 0.1) is 0 Å². The summed E-state index contributed by atoms with van der Waals surface area (Å²) in [5.41, 5.74) is 0. The van der Waals surface area contributed by atoms with Gasteiger partial charge in [0.15, 0.2) is 0 Å². The molecule has 0 saturated heterocycles. The molecule has 0 aromatic carbocycles. The summed E-state index contributed by atoms with van der Waals surface area (Å²) in [6, 6.07) is 0. The van der Waals surface area contributed by atoms with Crippen LogP contribution in [0.2, 0.25) is 0 Å². The van der Waals surface area contributed by atoms with Gasteiger partial charge in [0.25, 0.3) is 0 Å². The topological polar surface area (TPSA) is 0 Å². The van der Waals surface area contributed by atoms with Crippen molar-refractivity contribution in [3.63, 3.8) is 0 Å². The molecule has 0 aliphatic rings. The van der Waals surface area contributed by atoms with Gasteiger partial charge < -0.3 is 12.6 Å². The highest BCUT2D eigenvalue weighted by atomic mass is 32.1. The average Bonchev–Trinajstić information content (AvgIpc) is 2.78. The summed E-state index contributed by atoms with van der Waals surface area (Å²) in [7, 11) is 0. The van der Waals surface area contributed by atoms with Crippen molar-refractivity contribution >= 4 is 12.6 Å². The normalized spacial score (nSPS) is 15.6. The van der Waals surface area contributed by atoms with E-state index in [1.807, 2.05) is 0 Å². The van der Waals surface area contributed by atoms with Crippen molar-refractivity contribution in [3.8, 4) is 0 Å². The zero-order valence-electron chi connectivity index (χ0n) is 19.8. The first-order chi connectivity index (χ1) is 17.6. The summed E-state index contributed by atoms with van der Waals surface area (Å²) in [5, 5.41) is 0. The molecule has 0 amide bonds. The van der Waals surface area contributed by atoms with Gasteiger partial charge in [-0.2, -0.15) is 89.8 Å². The molecule has 0 atom stereocenters. The van der Waals surface area contributed by atoms with Gasteiger partial charge in [-0.1, -0.05) is 44.9 Å². The Balaban J connectivity index is 5.85. The van der Waals surface area contributed by atoms with Crippen LogP contribution in [0.15, 0.2) is 0 Å². The van der Waals surface area contributed by atoms with Crippen molar-refractivity contribution in [2.24, 2.45) is 0 Å². The number of rotatable bonds is 18. The molecule has 0 N–H and O–H groups in total. The summed E-state index contributed by atoms with van der Waals surface area (Å²) in [6.45, 7) is 0. The Bertz CT molecular complexity index is 787. The van der Waals surface area contributed by atoms with Crippen LogP contribution in [-0.2, 0) is 0 Å². The van der Waals surface area contributed by atoms with Gasteiger partial charge in [0, 0.05) is 6.42 Å². The minimum atomic E-state index is -8.87. The van der Waals surface area contributed by atoms with Crippen LogP contribution in [0.3, 0.4) is 0 Å². The van der Waals surface area contributed by atoms with Crippen molar-refractivity contribution in [2.45, 2.75) is 118 Å². The number of alkyl halides is 19. The molecule has 0 bridgehead atoms. The van der Waals surface area contributed by atoms with E-state index in [0.717, 1.165) is 12.8 Å². The maximum absolute atomic E-state index is 13.8. The quantitative estimate of drug-likeness (QED) is 0.0646. The molecule has 0 rings (SSSR count). The summed E-state index contributed by atoms with van der Waals surface area (Å²) >= 11 is 3.84. The number of halogens is 19. The fraction of sp³-hybridized carbons (Fsp3) is 0.950. The van der Waals surface area contributed by atoms with E-state index < -0.39 is 72.8 Å². The van der Waals surface area contributed by atoms with Crippen LogP contribution < -0.4 is 0 Å². The molecule has 0 spiro atoms. The minimum absolute atomic E-state index is 0.0136. The Labute approximate surface area is 220 Å². The molecule has 242 valence electrons. The second-order valence-electron chi connectivity index (χ2n) is 8.77. The maximum atomic E-state index is 13.8. The number of thiol groups is 1. The van der Waals surface area contributed by atoms with E-state index in [1.165, 1.54) is 0 Å². The highest BCUT2D eigenvalue weighted by Crippen LogP contribution is 2.65. The zero-order chi connectivity index (χ0) is 32.3. The summed E-state index contributed by atoms with van der Waals surface area (Å²) in [4.78, 5) is 0. The Hall–Kier alpha value is -0.980. The highest BCUT2D eigenvalue weighted by Gasteiger charge is 2.96. The Morgan fingerprint density at radius 1 is 0.350 bits per heavy atom. The van der Waals surface area contributed by atoms with Crippen molar-refractivity contribution in [1.29, 1.82) is 0 Å². The van der Waals surface area contributed by atoms with Crippen LogP contribution in [0.1, 0.15) is 64.2 Å². The minimum Gasteiger partial charge on any atom is -0.369 e. The third kappa shape index (κ3) is 6.80. The monoisotopic (exact) mass is 655 g/mol. The van der Waals surface area contributed by atoms with Crippen LogP contribution >= 0.6 is 12.6 Å². The van der Waals surface area contributed by atoms with Crippen LogP contribution in [-0.4, -0.2) is 53.6 Å². The fourth-order valence-corrected chi connectivity index (χ4v) is 3.38. The van der Waals surface area contributed by atoms with Gasteiger partial charge in [-0.15, -0.1) is 0 Å². The van der Waals surface area contributed by atoms with Gasteiger partial charge in [-0.05, 0) is 6.42 Å². The molecule has 0 saturated carbocycles. The molecular formula is C20H22F19S-. The number of unbranched alkanes of at least 4 members (excludes halogenated alkanes) is 8. The molecule has 0 aromatic heterocycles. The third-order valence-corrected chi connectivity index (χ3v) is 6.01. The predicted molar refractivity (Wildman–Crippen MR) is 105 cm³/mol. The SMILES string of the molecule is FC(F)(F)C(F)(F)C(F)(F)C(F)(F)C(F)(F)C(F)(F)C(F)(F)C(F)(F)C(F)(F)CCCCCCCCCC[CH-]S. The molecule has 0 fully saturated rings. The zero-order valence-corrected chi connectivity index (χ0v) is 20.7. The lowest BCUT2D eigenvalue weighted by Crippen LogP contribution is -2.75. The molecule has 40 heavy (non-hydrogen) atoms. The van der Waals surface area contributed by atoms with Crippen molar-refractivity contribution in [2.75, 3.05) is 0 Å². The summed E-state index contributed by atoms with van der Waals surface area (Å²) < 4.78 is 252. The van der Waals surface area contributed by atoms with Crippen molar-refractivity contribution in [1.82, 2.24) is 0 Å². The summed E-state index contributed by atoms with van der Waals surface area (Å²) in [5.74, 6) is -64.3. The summed E-state index contributed by atoms with van der Waals surface area (Å²) in [6.07, 6.45) is -8.24. The predicted octanol–water partition coefficient (Wildman–Crippen LogP) is 10.6. The molecule has 20 heteroatoms. The standard InChI is InChI=1S/C20H22F19S/c21-12(22,10-8-6-4-2-1-3-5-7-9-11-40)13(23,24)14(25,26)15(27,28)16(29,30)17(31,32)18(33,34)19(35,36)20(37,38)39/h11,40H,1-10H2/q-1. The molecule has 0 aromatic rings. The Kier molecular flexibility index (Phi) is 12.4. The molecule has 0 unspecified atom stereocenters. The van der Waals surface area contributed by atoms with E-state index in [2.05, 4.69) is 12.6 Å². The van der Waals surface area contributed by atoms with Crippen LogP contribution in [0.5, 0.6) is 0 Å². The average molecular weight is 655 g/mol. The fourth-order valence-electron chi connectivity index (χ4n) is 3.19. The number of hydrogen-bond acceptors (Lipinski definition) is 1. The van der Waals surface area contributed by atoms with Gasteiger partial charge in [0.2, 0.25) is 0 Å². The molecule has 0 heterocycles. The molecule has 0 radical (unpaired) electrons. The van der Waals surface area contributed by atoms with E-state index in [-0.39, 0.29) is 6.42 Å². The lowest BCUT2D eigenvalue weighted by molar-refractivity contribution is -0.468. The third-order valence-electron chi connectivity index (χ3n) is 5.76. The lowest BCUT2D eigenvalue weighted by atomic mass is 9.86. The van der Waals surface area contributed by atoms with Crippen molar-refractivity contribution < 1.29 is 83.4 Å². The van der Waals surface area contributed by atoms with Gasteiger partial charge in [0.1, 0.15) is 0 Å². The lowest BCUT2D eigenvalue weighted by Gasteiger charge is -2.43. The first-order valence-corrected chi connectivity index (χ1v) is 11.6. The Morgan fingerprint density at radius 3 is 0.950 bits per heavy atom. The molecule has 0 aliphatic carbocycles. The largest absolute Gasteiger partial charge is 0.460 e. The maximum Gasteiger partial charge on any atom is 0.460 e. The van der Waals surface area contributed by atoms with E-state index >= 15 is 0 Å². The van der Waals surface area contributed by atoms with E-state index in [0.29, 0.717) is 25.7 Å². The first-order valence-electron chi connectivity index (χ1n) is 11.1. The first kappa shape index (κ1) is 39.0. The van der Waals surface area contributed by atoms with Gasteiger partial charge in [-0.25, -0.2) is 0 Å². The Morgan fingerprint density at radius 2 is 0.625 bits per heavy atom. The van der Waals surface area contributed by atoms with Crippen molar-refractivity contribution in [3.05, 3.63) is 5.75 Å². The van der Waals surface area contributed by atoms with E-state index in [4.69, 9.17) is 0 Å². The van der Waals surface area contributed by atoms with Gasteiger partial charge >= 0.3 is 53.6 Å². The van der Waals surface area contributed by atoms with Crippen LogP contribution in [0, 0.1) is 5.75 Å². The second-order valence-corrected chi connectivity index (χ2v) is 9.14. The molecule has 0 aliphatic heterocycles. The van der Waals surface area contributed by atoms with E-state index in [9.17, 15) is 83.4 Å². The van der Waals surface area contributed by atoms with Crippen LogP contribution in [0.25, 0.3) is 0 Å². The molecule has 0 nitrogen and oxygen atoms in total.